The molecule has 192 valence electrons. The van der Waals surface area contributed by atoms with E-state index in [1.165, 1.54) is 0 Å². The van der Waals surface area contributed by atoms with Crippen molar-refractivity contribution in [2.24, 2.45) is 0 Å². The van der Waals surface area contributed by atoms with Gasteiger partial charge in [-0.15, -0.1) is 0 Å². The minimum atomic E-state index is -4.72. The van der Waals surface area contributed by atoms with E-state index in [1.54, 1.807) is 24.3 Å². The predicted molar refractivity (Wildman–Crippen MR) is 127 cm³/mol. The number of hydrogen-bond acceptors (Lipinski definition) is 6. The molecule has 1 amide bonds. The normalized spacial score (nSPS) is 13.2. The highest BCUT2D eigenvalue weighted by molar-refractivity contribution is 6.74. The maximum atomic E-state index is 13.4. The van der Waals surface area contributed by atoms with Gasteiger partial charge < -0.3 is 19.2 Å². The molecule has 2 rings (SSSR count). The largest absolute Gasteiger partial charge is 0.481 e. The quantitative estimate of drug-likeness (QED) is 0.347. The Morgan fingerprint density at radius 2 is 1.71 bits per heavy atom. The van der Waals surface area contributed by atoms with E-state index in [0.717, 1.165) is 12.7 Å². The summed E-state index contributed by atoms with van der Waals surface area (Å²) in [6.45, 7) is 9.59. The van der Waals surface area contributed by atoms with Crippen LogP contribution in [-0.2, 0) is 21.9 Å². The number of Topliss-reactive ketones (excluding diaryl/α,β-unsaturated/α-hetero) is 1. The molecular formula is C24H31F3N2O5Si. The molecule has 1 N–H and O–H groups in total. The van der Waals surface area contributed by atoms with Crippen molar-refractivity contribution in [3.05, 3.63) is 59.3 Å². The Kier molecular flexibility index (Phi) is 9.07. The van der Waals surface area contributed by atoms with Crippen LogP contribution in [0.15, 0.2) is 42.5 Å². The van der Waals surface area contributed by atoms with Gasteiger partial charge in [0.15, 0.2) is 8.32 Å². The molecule has 0 aliphatic rings. The van der Waals surface area contributed by atoms with Crippen LogP contribution in [0, 0.1) is 0 Å². The van der Waals surface area contributed by atoms with Gasteiger partial charge in [0.1, 0.15) is 18.3 Å². The van der Waals surface area contributed by atoms with Gasteiger partial charge in [-0.05, 0) is 29.8 Å². The summed E-state index contributed by atoms with van der Waals surface area (Å²) in [4.78, 5) is 29.6. The van der Waals surface area contributed by atoms with E-state index in [1.807, 2.05) is 39.9 Å². The first-order valence-corrected chi connectivity index (χ1v) is 13.8. The summed E-state index contributed by atoms with van der Waals surface area (Å²) in [6.07, 6.45) is -5.63. The van der Waals surface area contributed by atoms with Crippen LogP contribution in [0.5, 0.6) is 5.88 Å². The molecule has 1 atom stereocenters. The van der Waals surface area contributed by atoms with Crippen molar-refractivity contribution in [1.29, 1.82) is 0 Å². The number of nitrogens with one attached hydrogen (secondary N) is 1. The number of benzene rings is 1. The maximum absolute atomic E-state index is 13.4. The number of ether oxygens (including phenoxy) is 2. The number of pyridine rings is 1. The van der Waals surface area contributed by atoms with Gasteiger partial charge in [-0.25, -0.2) is 9.78 Å². The van der Waals surface area contributed by atoms with Gasteiger partial charge in [0.05, 0.1) is 19.3 Å². The molecule has 0 unspecified atom stereocenters. The number of carbonyl (C=O) groups is 2. The molecule has 35 heavy (non-hydrogen) atoms. The molecule has 7 nitrogen and oxygen atoms in total. The zero-order valence-electron chi connectivity index (χ0n) is 20.7. The van der Waals surface area contributed by atoms with Crippen molar-refractivity contribution in [1.82, 2.24) is 10.3 Å². The molecule has 0 aliphatic carbocycles. The SMILES string of the molecule is COc1cc(C(F)(F)F)cc(C(=O)[C@H](CO[Si](C)(C)C(C)(C)C)NC(=O)OCc2ccccc2)n1. The third-order valence-corrected chi connectivity index (χ3v) is 10.3. The Hall–Kier alpha value is -2.92. The third kappa shape index (κ3) is 8.07. The summed E-state index contributed by atoms with van der Waals surface area (Å²) in [5.41, 5.74) is -0.875. The van der Waals surface area contributed by atoms with Crippen LogP contribution in [0.3, 0.4) is 0 Å². The molecular weight excluding hydrogens is 481 g/mol. The van der Waals surface area contributed by atoms with Crippen molar-refractivity contribution < 1.29 is 36.7 Å². The van der Waals surface area contributed by atoms with Crippen molar-refractivity contribution >= 4 is 20.2 Å². The topological polar surface area (TPSA) is 86.8 Å². The second-order valence-electron chi connectivity index (χ2n) is 9.48. The Morgan fingerprint density at radius 1 is 1.09 bits per heavy atom. The molecule has 1 aromatic carbocycles. The number of nitrogens with zero attached hydrogens (tertiary/aromatic N) is 1. The number of alkyl halides is 3. The first-order chi connectivity index (χ1) is 16.1. The number of ketones is 1. The monoisotopic (exact) mass is 512 g/mol. The molecule has 0 radical (unpaired) electrons. The fourth-order valence-corrected chi connectivity index (χ4v) is 3.69. The molecule has 1 heterocycles. The number of carbonyl (C=O) groups excluding carboxylic acids is 2. The van der Waals surface area contributed by atoms with E-state index >= 15 is 0 Å². The molecule has 2 aromatic rings. The lowest BCUT2D eigenvalue weighted by Gasteiger charge is -2.37. The lowest BCUT2D eigenvalue weighted by Crippen LogP contribution is -2.49. The van der Waals surface area contributed by atoms with Crippen molar-refractivity contribution in [3.63, 3.8) is 0 Å². The molecule has 0 saturated carbocycles. The number of methoxy groups -OCH3 is 1. The van der Waals surface area contributed by atoms with Crippen LogP contribution < -0.4 is 10.1 Å². The first-order valence-electron chi connectivity index (χ1n) is 10.9. The zero-order chi connectivity index (χ0) is 26.4. The summed E-state index contributed by atoms with van der Waals surface area (Å²) in [7, 11) is -1.22. The Balaban J connectivity index is 2.30. The highest BCUT2D eigenvalue weighted by Crippen LogP contribution is 2.37. The molecule has 0 bridgehead atoms. The number of rotatable bonds is 9. The summed E-state index contributed by atoms with van der Waals surface area (Å²) in [5, 5.41) is 2.23. The first kappa shape index (κ1) is 28.3. The van der Waals surface area contributed by atoms with Crippen LogP contribution in [0.25, 0.3) is 0 Å². The van der Waals surface area contributed by atoms with Crippen LogP contribution in [-0.4, -0.2) is 44.9 Å². The lowest BCUT2D eigenvalue weighted by molar-refractivity contribution is -0.137. The Bertz CT molecular complexity index is 1020. The van der Waals surface area contributed by atoms with E-state index in [2.05, 4.69) is 10.3 Å². The minimum absolute atomic E-state index is 0.0493. The average molecular weight is 513 g/mol. The Morgan fingerprint density at radius 3 is 2.26 bits per heavy atom. The van der Waals surface area contributed by atoms with Gasteiger partial charge in [-0.1, -0.05) is 51.1 Å². The van der Waals surface area contributed by atoms with Gasteiger partial charge in [0.25, 0.3) is 0 Å². The molecule has 0 aliphatic heterocycles. The zero-order valence-corrected chi connectivity index (χ0v) is 21.7. The summed E-state index contributed by atoms with van der Waals surface area (Å²) in [6, 6.07) is 8.89. The van der Waals surface area contributed by atoms with Gasteiger partial charge in [-0.2, -0.15) is 13.2 Å². The van der Waals surface area contributed by atoms with Crippen LogP contribution >= 0.6 is 0 Å². The number of aromatic nitrogens is 1. The summed E-state index contributed by atoms with van der Waals surface area (Å²) < 4.78 is 56.2. The standard InChI is InChI=1S/C24H31F3N2O5Si/c1-23(2,3)35(5,6)34-15-19(29-22(31)33-14-16-10-8-7-9-11-16)21(30)18-12-17(24(25,26)27)13-20(28-18)32-4/h7-13,19H,14-15H2,1-6H3,(H,29,31)/t19-/m0/s1. The minimum Gasteiger partial charge on any atom is -0.481 e. The average Bonchev–Trinajstić information content (AvgIpc) is 2.79. The van der Waals surface area contributed by atoms with E-state index < -0.39 is 43.7 Å². The van der Waals surface area contributed by atoms with Crippen molar-refractivity contribution in [3.8, 4) is 5.88 Å². The summed E-state index contributed by atoms with van der Waals surface area (Å²) in [5.74, 6) is -1.23. The van der Waals surface area contributed by atoms with Gasteiger partial charge in [0, 0.05) is 6.07 Å². The molecule has 0 fully saturated rings. The van der Waals surface area contributed by atoms with Crippen LogP contribution in [0.4, 0.5) is 18.0 Å². The van der Waals surface area contributed by atoms with E-state index in [9.17, 15) is 22.8 Å². The fourth-order valence-electron chi connectivity index (χ4n) is 2.68. The second kappa shape index (κ2) is 11.2. The highest BCUT2D eigenvalue weighted by atomic mass is 28.4. The van der Waals surface area contributed by atoms with Gasteiger partial charge >= 0.3 is 12.3 Å². The maximum Gasteiger partial charge on any atom is 0.416 e. The molecule has 0 spiro atoms. The van der Waals surface area contributed by atoms with Crippen molar-refractivity contribution in [2.45, 2.75) is 57.7 Å². The van der Waals surface area contributed by atoms with Crippen molar-refractivity contribution in [2.75, 3.05) is 13.7 Å². The van der Waals surface area contributed by atoms with E-state index in [-0.39, 0.29) is 24.1 Å². The smallest absolute Gasteiger partial charge is 0.416 e. The van der Waals surface area contributed by atoms with Gasteiger partial charge in [-0.3, -0.25) is 4.79 Å². The Labute approximate surface area is 204 Å². The number of hydrogen-bond donors (Lipinski definition) is 1. The van der Waals surface area contributed by atoms with E-state index in [4.69, 9.17) is 13.9 Å². The summed E-state index contributed by atoms with van der Waals surface area (Å²) >= 11 is 0. The highest BCUT2D eigenvalue weighted by Gasteiger charge is 2.39. The van der Waals surface area contributed by atoms with E-state index in [0.29, 0.717) is 12.1 Å². The number of halogens is 3. The molecule has 1 aromatic heterocycles. The fraction of sp³-hybridized carbons (Fsp3) is 0.458. The van der Waals surface area contributed by atoms with Crippen LogP contribution in [0.1, 0.15) is 42.4 Å². The number of amides is 1. The lowest BCUT2D eigenvalue weighted by atomic mass is 10.1. The second-order valence-corrected chi connectivity index (χ2v) is 14.3. The molecule has 0 saturated heterocycles. The third-order valence-electron chi connectivity index (χ3n) is 5.83. The predicted octanol–water partition coefficient (Wildman–Crippen LogP) is 5.61. The number of alkyl carbamates (subject to hydrolysis) is 1. The van der Waals surface area contributed by atoms with Gasteiger partial charge in [0.2, 0.25) is 11.7 Å². The molecule has 11 heteroatoms. The van der Waals surface area contributed by atoms with Crippen LogP contribution in [0.2, 0.25) is 18.1 Å².